The molecule has 2 rings (SSSR count). The highest BCUT2D eigenvalue weighted by atomic mass is 17.2. The predicted molar refractivity (Wildman–Crippen MR) is 73.8 cm³/mol. The second kappa shape index (κ2) is 7.29. The third-order valence-electron chi connectivity index (χ3n) is 3.54. The Labute approximate surface area is 114 Å². The van der Waals surface area contributed by atoms with Gasteiger partial charge in [0.15, 0.2) is 0 Å². The van der Waals surface area contributed by atoms with Gasteiger partial charge in [0.05, 0.1) is 5.56 Å². The lowest BCUT2D eigenvalue weighted by molar-refractivity contribution is -0.279. The van der Waals surface area contributed by atoms with Crippen LogP contribution in [0.2, 0.25) is 0 Å². The highest BCUT2D eigenvalue weighted by Gasteiger charge is 2.17. The molecule has 0 aliphatic heterocycles. The van der Waals surface area contributed by atoms with Crippen LogP contribution in [0, 0.1) is 0 Å². The van der Waals surface area contributed by atoms with Crippen molar-refractivity contribution >= 4 is 5.97 Å². The van der Waals surface area contributed by atoms with Crippen LogP contribution >= 0.6 is 0 Å². The molecule has 0 saturated heterocycles. The summed E-state index contributed by atoms with van der Waals surface area (Å²) >= 11 is 0. The normalized spacial score (nSPS) is 16.3. The standard InChI is InChI=1S/C16H22O3/c1-2-6-13-9-11-14(12-10-13)16(17)19-18-15-7-4-3-5-8-15/h9-12,15H,2-8H2,1H3. The minimum Gasteiger partial charge on any atom is -0.293 e. The molecule has 3 nitrogen and oxygen atoms in total. The van der Waals surface area contributed by atoms with E-state index in [1.807, 2.05) is 12.1 Å². The average Bonchev–Trinajstić information content (AvgIpc) is 2.47. The smallest absolute Gasteiger partial charge is 0.293 e. The molecule has 1 fully saturated rings. The van der Waals surface area contributed by atoms with Crippen LogP contribution in [0.25, 0.3) is 0 Å². The molecule has 19 heavy (non-hydrogen) atoms. The summed E-state index contributed by atoms with van der Waals surface area (Å²) < 4.78 is 0. The third kappa shape index (κ3) is 4.35. The summed E-state index contributed by atoms with van der Waals surface area (Å²) in [4.78, 5) is 22.0. The van der Waals surface area contributed by atoms with Crippen molar-refractivity contribution in [2.45, 2.75) is 58.0 Å². The zero-order chi connectivity index (χ0) is 13.5. The largest absolute Gasteiger partial charge is 0.373 e. The van der Waals surface area contributed by atoms with Crippen LogP contribution in [-0.2, 0) is 16.2 Å². The average molecular weight is 262 g/mol. The molecular formula is C16H22O3. The minimum absolute atomic E-state index is 0.0806. The second-order valence-corrected chi connectivity index (χ2v) is 5.17. The number of benzene rings is 1. The van der Waals surface area contributed by atoms with Crippen molar-refractivity contribution in [1.29, 1.82) is 0 Å². The van der Waals surface area contributed by atoms with Gasteiger partial charge in [-0.05, 0) is 37.0 Å². The maximum Gasteiger partial charge on any atom is 0.373 e. The van der Waals surface area contributed by atoms with Crippen molar-refractivity contribution in [3.63, 3.8) is 0 Å². The van der Waals surface area contributed by atoms with Crippen molar-refractivity contribution in [3.8, 4) is 0 Å². The summed E-state index contributed by atoms with van der Waals surface area (Å²) in [6.45, 7) is 2.14. The van der Waals surface area contributed by atoms with E-state index in [-0.39, 0.29) is 6.10 Å². The summed E-state index contributed by atoms with van der Waals surface area (Å²) in [5.74, 6) is -0.395. The Morgan fingerprint density at radius 1 is 1.16 bits per heavy atom. The van der Waals surface area contributed by atoms with Crippen LogP contribution in [0.4, 0.5) is 0 Å². The summed E-state index contributed by atoms with van der Waals surface area (Å²) in [6.07, 6.45) is 7.78. The number of rotatable bonds is 5. The molecule has 1 aliphatic carbocycles. The Morgan fingerprint density at radius 3 is 2.47 bits per heavy atom. The SMILES string of the molecule is CCCc1ccc(C(=O)OOC2CCCCC2)cc1. The van der Waals surface area contributed by atoms with Gasteiger partial charge in [-0.1, -0.05) is 44.7 Å². The number of aryl methyl sites for hydroxylation is 1. The van der Waals surface area contributed by atoms with Gasteiger partial charge < -0.3 is 0 Å². The van der Waals surface area contributed by atoms with E-state index in [9.17, 15) is 4.79 Å². The first-order valence-corrected chi connectivity index (χ1v) is 7.26. The van der Waals surface area contributed by atoms with Crippen molar-refractivity contribution in [3.05, 3.63) is 35.4 Å². The van der Waals surface area contributed by atoms with E-state index in [2.05, 4.69) is 6.92 Å². The summed E-state index contributed by atoms with van der Waals surface area (Å²) in [6, 6.07) is 7.55. The van der Waals surface area contributed by atoms with E-state index >= 15 is 0 Å². The molecular weight excluding hydrogens is 240 g/mol. The summed E-state index contributed by atoms with van der Waals surface area (Å²) in [5.41, 5.74) is 1.79. The molecule has 0 aromatic heterocycles. The molecule has 0 unspecified atom stereocenters. The van der Waals surface area contributed by atoms with Gasteiger partial charge in [-0.3, -0.25) is 4.89 Å². The van der Waals surface area contributed by atoms with E-state index < -0.39 is 5.97 Å². The molecule has 1 saturated carbocycles. The van der Waals surface area contributed by atoms with Gasteiger partial charge in [0, 0.05) is 0 Å². The first-order valence-electron chi connectivity index (χ1n) is 7.26. The van der Waals surface area contributed by atoms with Crippen LogP contribution in [0.5, 0.6) is 0 Å². The van der Waals surface area contributed by atoms with E-state index in [0.29, 0.717) is 5.56 Å². The van der Waals surface area contributed by atoms with E-state index in [1.54, 1.807) is 12.1 Å². The van der Waals surface area contributed by atoms with Gasteiger partial charge in [0.2, 0.25) is 0 Å². The lowest BCUT2D eigenvalue weighted by Gasteiger charge is -2.19. The molecule has 1 aliphatic rings. The van der Waals surface area contributed by atoms with Crippen molar-refractivity contribution in [1.82, 2.24) is 0 Å². The molecule has 0 radical (unpaired) electrons. The highest BCUT2D eigenvalue weighted by Crippen LogP contribution is 2.20. The van der Waals surface area contributed by atoms with E-state index in [1.165, 1.54) is 12.0 Å². The summed E-state index contributed by atoms with van der Waals surface area (Å²) in [5, 5.41) is 0. The van der Waals surface area contributed by atoms with Crippen LogP contribution in [0.3, 0.4) is 0 Å². The number of hydrogen-bond donors (Lipinski definition) is 0. The lowest BCUT2D eigenvalue weighted by atomic mass is 9.98. The fourth-order valence-corrected chi connectivity index (χ4v) is 2.42. The van der Waals surface area contributed by atoms with Crippen LogP contribution in [0.1, 0.15) is 61.4 Å². The maximum absolute atomic E-state index is 11.8. The van der Waals surface area contributed by atoms with Crippen LogP contribution < -0.4 is 0 Å². The minimum atomic E-state index is -0.395. The van der Waals surface area contributed by atoms with Gasteiger partial charge in [0.1, 0.15) is 6.10 Å². The molecule has 0 heterocycles. The molecule has 0 spiro atoms. The Bertz CT molecular complexity index is 391. The number of carbonyl (C=O) groups excluding carboxylic acids is 1. The van der Waals surface area contributed by atoms with Crippen molar-refractivity contribution in [2.75, 3.05) is 0 Å². The highest BCUT2D eigenvalue weighted by molar-refractivity contribution is 5.88. The van der Waals surface area contributed by atoms with Crippen molar-refractivity contribution < 1.29 is 14.6 Å². The van der Waals surface area contributed by atoms with E-state index in [0.717, 1.165) is 38.5 Å². The maximum atomic E-state index is 11.8. The van der Waals surface area contributed by atoms with E-state index in [4.69, 9.17) is 9.78 Å². The van der Waals surface area contributed by atoms with Gasteiger partial charge in [0.25, 0.3) is 0 Å². The van der Waals surface area contributed by atoms with Gasteiger partial charge in [-0.2, -0.15) is 4.89 Å². The first kappa shape index (κ1) is 14.1. The van der Waals surface area contributed by atoms with Gasteiger partial charge in [-0.25, -0.2) is 4.79 Å². The fourth-order valence-electron chi connectivity index (χ4n) is 2.42. The molecule has 0 atom stereocenters. The van der Waals surface area contributed by atoms with Gasteiger partial charge >= 0.3 is 5.97 Å². The fraction of sp³-hybridized carbons (Fsp3) is 0.562. The first-order chi connectivity index (χ1) is 9.29. The molecule has 3 heteroatoms. The Balaban J connectivity index is 1.81. The lowest BCUT2D eigenvalue weighted by Crippen LogP contribution is -2.19. The predicted octanol–water partition coefficient (Wildman–Crippen LogP) is 4.06. The second-order valence-electron chi connectivity index (χ2n) is 5.17. The Kier molecular flexibility index (Phi) is 5.40. The van der Waals surface area contributed by atoms with Crippen molar-refractivity contribution in [2.24, 2.45) is 0 Å². The molecule has 0 amide bonds. The van der Waals surface area contributed by atoms with Crippen LogP contribution in [-0.4, -0.2) is 12.1 Å². The van der Waals surface area contributed by atoms with Crippen LogP contribution in [0.15, 0.2) is 24.3 Å². The molecule has 0 bridgehead atoms. The monoisotopic (exact) mass is 262 g/mol. The number of carbonyl (C=O) groups is 1. The molecule has 104 valence electrons. The van der Waals surface area contributed by atoms with Gasteiger partial charge in [-0.15, -0.1) is 0 Å². The zero-order valence-electron chi connectivity index (χ0n) is 11.6. The molecule has 0 N–H and O–H groups in total. The zero-order valence-corrected chi connectivity index (χ0v) is 11.6. The Morgan fingerprint density at radius 2 is 1.84 bits per heavy atom. The third-order valence-corrected chi connectivity index (χ3v) is 3.54. The summed E-state index contributed by atoms with van der Waals surface area (Å²) in [7, 11) is 0. The topological polar surface area (TPSA) is 35.5 Å². The quantitative estimate of drug-likeness (QED) is 0.593. The number of hydrogen-bond acceptors (Lipinski definition) is 3. The molecule has 1 aromatic rings. The Hall–Kier alpha value is -1.35. The molecule has 1 aromatic carbocycles.